The Balaban J connectivity index is 1.80. The molecule has 2 heterocycles. The third-order valence-corrected chi connectivity index (χ3v) is 7.95. The van der Waals surface area contributed by atoms with Gasteiger partial charge in [0.25, 0.3) is 17.4 Å². The second kappa shape index (κ2) is 11.5. The third kappa shape index (κ3) is 5.79. The molecule has 1 aliphatic rings. The van der Waals surface area contributed by atoms with E-state index in [2.05, 4.69) is 27.8 Å². The number of benzene rings is 2. The Morgan fingerprint density at radius 2 is 1.83 bits per heavy atom. The molecule has 1 unspecified atom stereocenters. The van der Waals surface area contributed by atoms with Crippen LogP contribution in [-0.2, 0) is 19.1 Å². The summed E-state index contributed by atoms with van der Waals surface area (Å²) in [6.45, 7) is 7.40. The standard InChI is InChI=1S/C29H29BrF3N5O3/c1-6-16(2)36(5)28-35-24-15-37(26(40)19-9-12-23(30)22(14-19)29(31,32)33)17(3)13-21(24)27(41)38(28)20-10-7-18(8-11-20)25(39)34-4/h6-12,14,16-17H,1,13,15H2,2-5H3,(H,34,39)/t16?,17-/m1/s1. The molecule has 0 saturated carbocycles. The predicted octanol–water partition coefficient (Wildman–Crippen LogP) is 4.97. The fraction of sp³-hybridized carbons (Fsp3) is 0.310. The first-order chi connectivity index (χ1) is 19.3. The summed E-state index contributed by atoms with van der Waals surface area (Å²) in [6, 6.07) is 9.19. The number of likely N-dealkylation sites (N-methyl/N-ethyl adjacent to an activating group) is 1. The fourth-order valence-electron chi connectivity index (χ4n) is 4.68. The van der Waals surface area contributed by atoms with Crippen molar-refractivity contribution in [2.45, 2.75) is 45.1 Å². The van der Waals surface area contributed by atoms with Gasteiger partial charge in [-0.1, -0.05) is 22.0 Å². The van der Waals surface area contributed by atoms with Crippen molar-refractivity contribution in [2.75, 3.05) is 19.0 Å². The summed E-state index contributed by atoms with van der Waals surface area (Å²) in [5, 5.41) is 2.56. The van der Waals surface area contributed by atoms with E-state index in [9.17, 15) is 27.6 Å². The highest BCUT2D eigenvalue weighted by molar-refractivity contribution is 9.10. The summed E-state index contributed by atoms with van der Waals surface area (Å²) in [6.07, 6.45) is -2.79. The molecule has 0 fully saturated rings. The highest BCUT2D eigenvalue weighted by Crippen LogP contribution is 2.36. The second-order valence-electron chi connectivity index (χ2n) is 9.87. The molecular formula is C29H29BrF3N5O3. The summed E-state index contributed by atoms with van der Waals surface area (Å²) in [7, 11) is 3.28. The number of hydrogen-bond acceptors (Lipinski definition) is 5. The average molecular weight is 632 g/mol. The van der Waals surface area contributed by atoms with E-state index in [0.717, 1.165) is 6.07 Å². The lowest BCUT2D eigenvalue weighted by atomic mass is 9.98. The van der Waals surface area contributed by atoms with Gasteiger partial charge in [-0.25, -0.2) is 9.55 Å². The quantitative estimate of drug-likeness (QED) is 0.388. The minimum atomic E-state index is -4.64. The second-order valence-corrected chi connectivity index (χ2v) is 10.7. The Kier molecular flexibility index (Phi) is 8.44. The molecule has 8 nitrogen and oxygen atoms in total. The van der Waals surface area contributed by atoms with Crippen molar-refractivity contribution in [3.05, 3.63) is 97.9 Å². The van der Waals surface area contributed by atoms with Crippen molar-refractivity contribution in [1.29, 1.82) is 0 Å². The SMILES string of the molecule is C=CC(C)N(C)c1nc2c(c(=O)n1-c1ccc(C(=O)NC)cc1)C[C@@H](C)N(C(=O)c1ccc(Br)c(C(F)(F)F)c1)C2. The lowest BCUT2D eigenvalue weighted by Crippen LogP contribution is -2.46. The molecule has 3 aromatic rings. The number of fused-ring (bicyclic) bond motifs is 1. The number of aromatic nitrogens is 2. The molecule has 0 bridgehead atoms. The zero-order chi connectivity index (χ0) is 30.2. The molecule has 0 saturated heterocycles. The molecule has 0 aliphatic carbocycles. The zero-order valence-corrected chi connectivity index (χ0v) is 24.5. The molecule has 4 rings (SSSR count). The van der Waals surface area contributed by atoms with Gasteiger partial charge in [0.05, 0.1) is 23.5 Å². The van der Waals surface area contributed by atoms with Crippen LogP contribution in [0.2, 0.25) is 0 Å². The first-order valence-corrected chi connectivity index (χ1v) is 13.6. The lowest BCUT2D eigenvalue weighted by molar-refractivity contribution is -0.138. The number of halogens is 4. The number of anilines is 1. The van der Waals surface area contributed by atoms with E-state index in [-0.39, 0.29) is 40.5 Å². The molecule has 2 amide bonds. The minimum Gasteiger partial charge on any atom is -0.355 e. The number of nitrogens with one attached hydrogen (secondary N) is 1. The highest BCUT2D eigenvalue weighted by Gasteiger charge is 2.36. The Morgan fingerprint density at radius 1 is 1.20 bits per heavy atom. The number of hydrogen-bond donors (Lipinski definition) is 1. The van der Waals surface area contributed by atoms with E-state index in [0.29, 0.717) is 28.5 Å². The van der Waals surface area contributed by atoms with Crippen LogP contribution in [0.3, 0.4) is 0 Å². The van der Waals surface area contributed by atoms with Gasteiger partial charge in [0.1, 0.15) is 0 Å². The number of rotatable bonds is 6. The summed E-state index contributed by atoms with van der Waals surface area (Å²) in [5.74, 6) is -0.568. The van der Waals surface area contributed by atoms with Crippen molar-refractivity contribution in [3.8, 4) is 5.69 Å². The van der Waals surface area contributed by atoms with E-state index in [1.807, 2.05) is 6.92 Å². The van der Waals surface area contributed by atoms with E-state index in [4.69, 9.17) is 4.98 Å². The van der Waals surface area contributed by atoms with Crippen LogP contribution in [0.5, 0.6) is 0 Å². The maximum absolute atomic E-state index is 14.0. The summed E-state index contributed by atoms with van der Waals surface area (Å²) >= 11 is 2.91. The molecule has 1 N–H and O–H groups in total. The van der Waals surface area contributed by atoms with Crippen LogP contribution >= 0.6 is 15.9 Å². The maximum atomic E-state index is 14.0. The smallest absolute Gasteiger partial charge is 0.355 e. The topological polar surface area (TPSA) is 87.5 Å². The molecule has 12 heteroatoms. The Labute approximate surface area is 243 Å². The highest BCUT2D eigenvalue weighted by atomic mass is 79.9. The van der Waals surface area contributed by atoms with Gasteiger partial charge in [0, 0.05) is 47.3 Å². The third-order valence-electron chi connectivity index (χ3n) is 7.26. The number of carbonyl (C=O) groups is 2. The van der Waals surface area contributed by atoms with Crippen LogP contribution < -0.4 is 15.8 Å². The van der Waals surface area contributed by atoms with Gasteiger partial charge >= 0.3 is 6.18 Å². The molecule has 1 aliphatic heterocycles. The van der Waals surface area contributed by atoms with Crippen LogP contribution in [0.15, 0.2) is 64.4 Å². The maximum Gasteiger partial charge on any atom is 0.417 e. The molecule has 2 atom stereocenters. The van der Waals surface area contributed by atoms with Crippen molar-refractivity contribution < 1.29 is 22.8 Å². The van der Waals surface area contributed by atoms with Crippen LogP contribution in [0.4, 0.5) is 19.1 Å². The van der Waals surface area contributed by atoms with Crippen molar-refractivity contribution >= 4 is 33.7 Å². The van der Waals surface area contributed by atoms with E-state index >= 15 is 0 Å². The zero-order valence-electron chi connectivity index (χ0n) is 22.9. The fourth-order valence-corrected chi connectivity index (χ4v) is 5.15. The van der Waals surface area contributed by atoms with E-state index in [1.165, 1.54) is 28.6 Å². The van der Waals surface area contributed by atoms with Crippen molar-refractivity contribution in [2.24, 2.45) is 0 Å². The van der Waals surface area contributed by atoms with Gasteiger partial charge in [-0.3, -0.25) is 14.4 Å². The molecule has 216 valence electrons. The number of alkyl halides is 3. The normalized spacial score (nSPS) is 15.6. The van der Waals surface area contributed by atoms with Crippen LogP contribution in [-0.4, -0.2) is 52.4 Å². The predicted molar refractivity (Wildman–Crippen MR) is 153 cm³/mol. The average Bonchev–Trinajstić information content (AvgIpc) is 2.95. The molecule has 2 aromatic carbocycles. The summed E-state index contributed by atoms with van der Waals surface area (Å²) < 4.78 is 41.8. The Bertz CT molecular complexity index is 1570. The first-order valence-electron chi connectivity index (χ1n) is 12.8. The largest absolute Gasteiger partial charge is 0.417 e. The summed E-state index contributed by atoms with van der Waals surface area (Å²) in [4.78, 5) is 47.4. The molecule has 0 radical (unpaired) electrons. The van der Waals surface area contributed by atoms with Crippen LogP contribution in [0.1, 0.15) is 51.4 Å². The number of nitrogens with zero attached hydrogens (tertiary/aromatic N) is 4. The van der Waals surface area contributed by atoms with Gasteiger partial charge in [-0.05, 0) is 62.7 Å². The van der Waals surface area contributed by atoms with Gasteiger partial charge in [0.15, 0.2) is 0 Å². The Morgan fingerprint density at radius 3 is 2.41 bits per heavy atom. The number of amides is 2. The molecule has 0 spiro atoms. The molecular weight excluding hydrogens is 603 g/mol. The van der Waals surface area contributed by atoms with Crippen molar-refractivity contribution in [1.82, 2.24) is 19.8 Å². The molecule has 1 aromatic heterocycles. The number of carbonyl (C=O) groups excluding carboxylic acids is 2. The monoisotopic (exact) mass is 631 g/mol. The van der Waals surface area contributed by atoms with Crippen LogP contribution in [0.25, 0.3) is 5.69 Å². The molecule has 41 heavy (non-hydrogen) atoms. The van der Waals surface area contributed by atoms with Gasteiger partial charge in [-0.2, -0.15) is 13.2 Å². The summed E-state index contributed by atoms with van der Waals surface area (Å²) in [5.41, 5.74) is 0.309. The first kappa shape index (κ1) is 30.0. The van der Waals surface area contributed by atoms with E-state index < -0.39 is 23.7 Å². The van der Waals surface area contributed by atoms with Crippen LogP contribution in [0, 0.1) is 0 Å². The van der Waals surface area contributed by atoms with Gasteiger partial charge < -0.3 is 15.1 Å². The van der Waals surface area contributed by atoms with E-state index in [1.54, 1.807) is 49.2 Å². The van der Waals surface area contributed by atoms with Gasteiger partial charge in [0.2, 0.25) is 5.95 Å². The Hall–Kier alpha value is -3.93. The van der Waals surface area contributed by atoms with Gasteiger partial charge in [-0.15, -0.1) is 6.58 Å². The van der Waals surface area contributed by atoms with Crippen molar-refractivity contribution in [3.63, 3.8) is 0 Å². The minimum absolute atomic E-state index is 0.0538. The lowest BCUT2D eigenvalue weighted by Gasteiger charge is -2.36.